The molecule has 1 saturated heterocycles. The maximum Gasteiger partial charge on any atom is 0.335 e. The number of carboxylic acids is 1. The average Bonchev–Trinajstić information content (AvgIpc) is 3.33. The molecule has 0 unspecified atom stereocenters. The number of hydrogen-bond acceptors (Lipinski definition) is 6. The third-order valence-corrected chi connectivity index (χ3v) is 6.57. The number of likely N-dealkylation sites (tertiary alicyclic amines) is 1. The van der Waals surface area contributed by atoms with Crippen molar-refractivity contribution in [3.8, 4) is 11.5 Å². The molecule has 4 aromatic rings. The molecule has 2 heterocycles. The summed E-state index contributed by atoms with van der Waals surface area (Å²) in [5.74, 6) is 0.575. The summed E-state index contributed by atoms with van der Waals surface area (Å²) in [4.78, 5) is 13.7. The van der Waals surface area contributed by atoms with Crippen LogP contribution in [0.3, 0.4) is 0 Å². The van der Waals surface area contributed by atoms with E-state index in [0.29, 0.717) is 18.7 Å². The third-order valence-electron chi connectivity index (χ3n) is 6.57. The van der Waals surface area contributed by atoms with E-state index in [1.165, 1.54) is 5.56 Å². The van der Waals surface area contributed by atoms with Gasteiger partial charge in [0, 0.05) is 19.6 Å². The van der Waals surface area contributed by atoms with Crippen molar-refractivity contribution in [2.45, 2.75) is 39.0 Å². The van der Waals surface area contributed by atoms with Crippen molar-refractivity contribution in [3.05, 3.63) is 83.4 Å². The minimum Gasteiger partial charge on any atom is -0.490 e. The molecule has 1 N–H and O–H groups in total. The number of ether oxygens (including phenoxy) is 2. The van der Waals surface area contributed by atoms with E-state index < -0.39 is 5.97 Å². The van der Waals surface area contributed by atoms with Crippen LogP contribution in [-0.4, -0.2) is 50.7 Å². The van der Waals surface area contributed by atoms with Gasteiger partial charge >= 0.3 is 5.97 Å². The molecule has 0 radical (unpaired) electrons. The molecular formula is C28H30N4O4. The topological polar surface area (TPSA) is 89.7 Å². The molecule has 1 aliphatic heterocycles. The second-order valence-electron chi connectivity index (χ2n) is 9.04. The van der Waals surface area contributed by atoms with Crippen molar-refractivity contribution >= 4 is 17.0 Å². The monoisotopic (exact) mass is 486 g/mol. The smallest absolute Gasteiger partial charge is 0.335 e. The average molecular weight is 487 g/mol. The second kappa shape index (κ2) is 10.8. The number of benzene rings is 3. The number of hydrogen-bond donors (Lipinski definition) is 1. The number of fused-ring (bicyclic) bond motifs is 1. The van der Waals surface area contributed by atoms with E-state index in [9.17, 15) is 9.90 Å². The van der Waals surface area contributed by atoms with Crippen molar-refractivity contribution in [2.75, 3.05) is 19.7 Å². The summed E-state index contributed by atoms with van der Waals surface area (Å²) in [5.41, 5.74) is 4.04. The lowest BCUT2D eigenvalue weighted by atomic mass is 10.0. The van der Waals surface area contributed by atoms with Gasteiger partial charge in [-0.3, -0.25) is 4.90 Å². The lowest BCUT2D eigenvalue weighted by Gasteiger charge is -2.32. The Bertz CT molecular complexity index is 1330. The van der Waals surface area contributed by atoms with Gasteiger partial charge in [-0.25, -0.2) is 9.48 Å². The second-order valence-corrected chi connectivity index (χ2v) is 9.04. The molecule has 3 aromatic carbocycles. The molecule has 8 heteroatoms. The van der Waals surface area contributed by atoms with E-state index in [0.717, 1.165) is 55.1 Å². The molecule has 1 fully saturated rings. The maximum absolute atomic E-state index is 11.2. The molecule has 1 aromatic heterocycles. The van der Waals surface area contributed by atoms with E-state index in [2.05, 4.69) is 27.3 Å². The number of aromatic nitrogens is 3. The van der Waals surface area contributed by atoms with Gasteiger partial charge in [0.15, 0.2) is 11.5 Å². The zero-order valence-corrected chi connectivity index (χ0v) is 20.3. The van der Waals surface area contributed by atoms with Crippen LogP contribution < -0.4 is 9.47 Å². The number of nitrogens with zero attached hydrogens (tertiary/aromatic N) is 4. The highest BCUT2D eigenvalue weighted by Crippen LogP contribution is 2.31. The Balaban J connectivity index is 1.21. The Labute approximate surface area is 210 Å². The molecule has 36 heavy (non-hydrogen) atoms. The molecule has 0 amide bonds. The molecule has 186 valence electrons. The lowest BCUT2D eigenvalue weighted by Crippen LogP contribution is -2.34. The fourth-order valence-electron chi connectivity index (χ4n) is 4.70. The number of aromatic carboxylic acids is 1. The summed E-state index contributed by atoms with van der Waals surface area (Å²) in [5, 5.41) is 17.7. The first kappa shape index (κ1) is 23.8. The van der Waals surface area contributed by atoms with Crippen molar-refractivity contribution in [2.24, 2.45) is 0 Å². The van der Waals surface area contributed by atoms with Gasteiger partial charge in [-0.1, -0.05) is 41.6 Å². The van der Waals surface area contributed by atoms with Gasteiger partial charge in [-0.2, -0.15) is 0 Å². The Morgan fingerprint density at radius 1 is 0.972 bits per heavy atom. The van der Waals surface area contributed by atoms with Crippen LogP contribution in [0, 0.1) is 0 Å². The first-order valence-electron chi connectivity index (χ1n) is 12.3. The van der Waals surface area contributed by atoms with Crippen LogP contribution in [0.1, 0.15) is 47.3 Å². The van der Waals surface area contributed by atoms with Gasteiger partial charge in [0.1, 0.15) is 12.1 Å². The van der Waals surface area contributed by atoms with Gasteiger partial charge in [0.25, 0.3) is 0 Å². The predicted molar refractivity (Wildman–Crippen MR) is 136 cm³/mol. The van der Waals surface area contributed by atoms with Crippen molar-refractivity contribution in [1.82, 2.24) is 19.9 Å². The fraction of sp³-hybridized carbons (Fsp3) is 0.321. The van der Waals surface area contributed by atoms with Crippen LogP contribution in [-0.2, 0) is 13.2 Å². The van der Waals surface area contributed by atoms with E-state index >= 15 is 0 Å². The molecule has 0 atom stereocenters. The molecule has 8 nitrogen and oxygen atoms in total. The van der Waals surface area contributed by atoms with E-state index in [1.807, 2.05) is 54.1 Å². The summed E-state index contributed by atoms with van der Waals surface area (Å²) < 4.78 is 13.9. The highest BCUT2D eigenvalue weighted by atomic mass is 16.5. The minimum absolute atomic E-state index is 0.229. The van der Waals surface area contributed by atoms with Crippen molar-refractivity contribution < 1.29 is 19.4 Å². The van der Waals surface area contributed by atoms with Crippen LogP contribution in [0.25, 0.3) is 11.0 Å². The summed E-state index contributed by atoms with van der Waals surface area (Å²) in [6.45, 7) is 5.78. The van der Waals surface area contributed by atoms with E-state index in [1.54, 1.807) is 12.1 Å². The predicted octanol–water partition coefficient (Wildman–Crippen LogP) is 4.94. The van der Waals surface area contributed by atoms with Gasteiger partial charge < -0.3 is 14.6 Å². The quantitative estimate of drug-likeness (QED) is 0.358. The molecule has 0 spiro atoms. The van der Waals surface area contributed by atoms with Crippen LogP contribution >= 0.6 is 0 Å². The van der Waals surface area contributed by atoms with E-state index in [-0.39, 0.29) is 11.6 Å². The normalized spacial score (nSPS) is 14.7. The first-order valence-corrected chi connectivity index (χ1v) is 12.3. The molecule has 1 aliphatic rings. The number of carboxylic acid groups (broad SMARTS) is 1. The number of rotatable bonds is 9. The zero-order valence-electron chi connectivity index (χ0n) is 20.3. The standard InChI is InChI=1S/C28H30N4O4/c1-2-35-27-16-21(8-11-26(27)36-19-20-6-4-3-5-7-20)18-31-14-12-23(13-15-31)32-25-10-9-22(28(33)34)17-24(25)29-30-32/h3-11,16-17,23H,2,12-15,18-19H2,1H3,(H,33,34). The third kappa shape index (κ3) is 5.33. The van der Waals surface area contributed by atoms with Gasteiger partial charge in [0.05, 0.1) is 23.7 Å². The van der Waals surface area contributed by atoms with Crippen LogP contribution in [0.5, 0.6) is 11.5 Å². The highest BCUT2D eigenvalue weighted by Gasteiger charge is 2.23. The Kier molecular flexibility index (Phi) is 7.13. The van der Waals surface area contributed by atoms with Gasteiger partial charge in [-0.15, -0.1) is 5.10 Å². The molecule has 5 rings (SSSR count). The summed E-state index contributed by atoms with van der Waals surface area (Å²) in [7, 11) is 0. The minimum atomic E-state index is -0.956. The Hall–Kier alpha value is -3.91. The van der Waals surface area contributed by atoms with Crippen molar-refractivity contribution in [3.63, 3.8) is 0 Å². The van der Waals surface area contributed by atoms with Crippen molar-refractivity contribution in [1.29, 1.82) is 0 Å². The van der Waals surface area contributed by atoms with Crippen LogP contribution in [0.2, 0.25) is 0 Å². The Morgan fingerprint density at radius 3 is 2.53 bits per heavy atom. The summed E-state index contributed by atoms with van der Waals surface area (Å²) in [6, 6.07) is 21.6. The Morgan fingerprint density at radius 2 is 1.78 bits per heavy atom. The zero-order chi connectivity index (χ0) is 24.9. The maximum atomic E-state index is 11.2. The van der Waals surface area contributed by atoms with Crippen LogP contribution in [0.15, 0.2) is 66.7 Å². The van der Waals surface area contributed by atoms with E-state index in [4.69, 9.17) is 9.47 Å². The van der Waals surface area contributed by atoms with Crippen LogP contribution in [0.4, 0.5) is 0 Å². The molecule has 0 aliphatic carbocycles. The largest absolute Gasteiger partial charge is 0.490 e. The highest BCUT2D eigenvalue weighted by molar-refractivity contribution is 5.92. The molecule has 0 bridgehead atoms. The number of piperidine rings is 1. The molecule has 0 saturated carbocycles. The molecular weight excluding hydrogens is 456 g/mol. The fourth-order valence-corrected chi connectivity index (χ4v) is 4.70. The van der Waals surface area contributed by atoms with Gasteiger partial charge in [-0.05, 0) is 61.2 Å². The summed E-state index contributed by atoms with van der Waals surface area (Å²) >= 11 is 0. The number of carbonyl (C=O) groups is 1. The summed E-state index contributed by atoms with van der Waals surface area (Å²) in [6.07, 6.45) is 1.91. The SMILES string of the molecule is CCOc1cc(CN2CCC(n3nnc4cc(C(=O)O)ccc43)CC2)ccc1OCc1ccccc1. The lowest BCUT2D eigenvalue weighted by molar-refractivity contribution is 0.0697. The van der Waals surface area contributed by atoms with Gasteiger partial charge in [0.2, 0.25) is 0 Å². The first-order chi connectivity index (χ1) is 17.6.